The summed E-state index contributed by atoms with van der Waals surface area (Å²) in [5.74, 6) is -0.897. The molecule has 132 valence electrons. The highest BCUT2D eigenvalue weighted by molar-refractivity contribution is 5.86. The van der Waals surface area contributed by atoms with Gasteiger partial charge < -0.3 is 14.9 Å². The van der Waals surface area contributed by atoms with E-state index in [4.69, 9.17) is 14.9 Å². The molecule has 27 heavy (non-hydrogen) atoms. The van der Waals surface area contributed by atoms with Gasteiger partial charge in [0, 0.05) is 12.1 Å². The van der Waals surface area contributed by atoms with Crippen molar-refractivity contribution < 1.29 is 14.1 Å². The number of nitriles is 1. The second kappa shape index (κ2) is 6.00. The van der Waals surface area contributed by atoms with Gasteiger partial charge in [0.2, 0.25) is 5.88 Å². The Balaban J connectivity index is 2.07. The first-order valence-electron chi connectivity index (χ1n) is 7.89. The lowest BCUT2D eigenvalue weighted by atomic mass is 9.83. The Morgan fingerprint density at radius 2 is 1.96 bits per heavy atom. The number of benzene rings is 2. The van der Waals surface area contributed by atoms with Gasteiger partial charge >= 0.3 is 5.63 Å². The molecule has 2 aromatic carbocycles. The van der Waals surface area contributed by atoms with Crippen molar-refractivity contribution >= 4 is 16.7 Å². The predicted molar refractivity (Wildman–Crippen MR) is 94.9 cm³/mol. The van der Waals surface area contributed by atoms with Crippen molar-refractivity contribution in [3.05, 3.63) is 91.6 Å². The average molecular weight is 361 g/mol. The van der Waals surface area contributed by atoms with Gasteiger partial charge in [-0.05, 0) is 17.7 Å². The molecule has 0 amide bonds. The van der Waals surface area contributed by atoms with E-state index in [-0.39, 0.29) is 28.5 Å². The van der Waals surface area contributed by atoms with Crippen LogP contribution in [-0.2, 0) is 0 Å². The third-order valence-corrected chi connectivity index (χ3v) is 4.39. The van der Waals surface area contributed by atoms with Crippen LogP contribution in [-0.4, -0.2) is 4.92 Å². The zero-order valence-electron chi connectivity index (χ0n) is 13.7. The number of nitro benzene ring substituents is 1. The van der Waals surface area contributed by atoms with E-state index in [9.17, 15) is 20.2 Å². The lowest BCUT2D eigenvalue weighted by Crippen LogP contribution is -2.26. The summed E-state index contributed by atoms with van der Waals surface area (Å²) in [4.78, 5) is 23.3. The second-order valence-corrected chi connectivity index (χ2v) is 5.91. The maximum Gasteiger partial charge on any atom is 0.344 e. The standard InChI is InChI=1S/C19H11N3O5/c20-9-13-15(10-4-3-5-11(8-10)22(24)25)16-17(27-18(13)21)12-6-1-2-7-14(12)26-19(16)23/h1-8,15H,21H2/t15-/m1/s1. The molecule has 1 aliphatic heterocycles. The molecule has 0 aliphatic carbocycles. The highest BCUT2D eigenvalue weighted by Crippen LogP contribution is 2.43. The number of ether oxygens (including phenoxy) is 1. The van der Waals surface area contributed by atoms with Gasteiger partial charge in [0.25, 0.3) is 5.69 Å². The Morgan fingerprint density at radius 3 is 2.70 bits per heavy atom. The van der Waals surface area contributed by atoms with E-state index in [1.165, 1.54) is 18.2 Å². The highest BCUT2D eigenvalue weighted by Gasteiger charge is 2.35. The van der Waals surface area contributed by atoms with Crippen LogP contribution in [0.2, 0.25) is 0 Å². The number of nitrogens with two attached hydrogens (primary N) is 1. The number of non-ortho nitro benzene ring substituents is 1. The summed E-state index contributed by atoms with van der Waals surface area (Å²) in [6.45, 7) is 0. The van der Waals surface area contributed by atoms with E-state index >= 15 is 0 Å². The van der Waals surface area contributed by atoms with Crippen LogP contribution in [0.5, 0.6) is 5.75 Å². The molecule has 0 bridgehead atoms. The van der Waals surface area contributed by atoms with Crippen LogP contribution in [0.15, 0.2) is 69.2 Å². The van der Waals surface area contributed by atoms with Crippen LogP contribution in [0, 0.1) is 21.4 Å². The van der Waals surface area contributed by atoms with Crippen LogP contribution in [0.3, 0.4) is 0 Å². The molecule has 2 heterocycles. The van der Waals surface area contributed by atoms with Gasteiger partial charge in [-0.15, -0.1) is 0 Å². The van der Waals surface area contributed by atoms with E-state index < -0.39 is 16.5 Å². The van der Waals surface area contributed by atoms with Crippen LogP contribution >= 0.6 is 0 Å². The summed E-state index contributed by atoms with van der Waals surface area (Å²) >= 11 is 0. The van der Waals surface area contributed by atoms with Crippen molar-refractivity contribution in [3.63, 3.8) is 0 Å². The van der Waals surface area contributed by atoms with Gasteiger partial charge in [-0.25, -0.2) is 4.79 Å². The number of nitro groups is 1. The molecule has 0 fully saturated rings. The highest BCUT2D eigenvalue weighted by atomic mass is 16.6. The molecule has 3 aromatic rings. The molecule has 0 saturated heterocycles. The summed E-state index contributed by atoms with van der Waals surface area (Å²) in [6.07, 6.45) is 0. The summed E-state index contributed by atoms with van der Waals surface area (Å²) in [5.41, 5.74) is 5.84. The lowest BCUT2D eigenvalue weighted by Gasteiger charge is -2.25. The van der Waals surface area contributed by atoms with Gasteiger partial charge in [-0.3, -0.25) is 10.1 Å². The molecular weight excluding hydrogens is 350 g/mol. The van der Waals surface area contributed by atoms with Crippen molar-refractivity contribution in [1.82, 2.24) is 0 Å². The fourth-order valence-electron chi connectivity index (χ4n) is 3.22. The largest absolute Gasteiger partial charge is 0.439 e. The van der Waals surface area contributed by atoms with Crippen LogP contribution in [0.1, 0.15) is 17.0 Å². The van der Waals surface area contributed by atoms with E-state index in [0.29, 0.717) is 16.5 Å². The average Bonchev–Trinajstić information content (AvgIpc) is 2.67. The smallest absolute Gasteiger partial charge is 0.344 e. The number of fused-ring (bicyclic) bond motifs is 3. The number of para-hydroxylation sites is 1. The van der Waals surface area contributed by atoms with Crippen LogP contribution < -0.4 is 16.1 Å². The van der Waals surface area contributed by atoms with Crippen molar-refractivity contribution in [1.29, 1.82) is 5.26 Å². The fraction of sp³-hybridized carbons (Fsp3) is 0.0526. The zero-order valence-corrected chi connectivity index (χ0v) is 13.7. The molecule has 8 nitrogen and oxygen atoms in total. The number of hydrogen-bond donors (Lipinski definition) is 1. The van der Waals surface area contributed by atoms with Crippen molar-refractivity contribution in [3.8, 4) is 11.8 Å². The molecule has 1 aromatic heterocycles. The zero-order chi connectivity index (χ0) is 19.1. The molecule has 0 saturated carbocycles. The minimum Gasteiger partial charge on any atom is -0.439 e. The van der Waals surface area contributed by atoms with E-state index in [0.717, 1.165) is 0 Å². The van der Waals surface area contributed by atoms with Gasteiger partial charge in [0.05, 0.1) is 21.8 Å². The third kappa shape index (κ3) is 2.49. The van der Waals surface area contributed by atoms with Gasteiger partial charge in [-0.1, -0.05) is 24.3 Å². The minimum atomic E-state index is -0.931. The summed E-state index contributed by atoms with van der Waals surface area (Å²) < 4.78 is 11.0. The third-order valence-electron chi connectivity index (χ3n) is 4.39. The van der Waals surface area contributed by atoms with Gasteiger partial charge in [-0.2, -0.15) is 5.26 Å². The Bertz CT molecular complexity index is 1240. The maximum absolute atomic E-state index is 12.7. The Labute approximate surface area is 151 Å². The van der Waals surface area contributed by atoms with Crippen molar-refractivity contribution in [2.75, 3.05) is 0 Å². The summed E-state index contributed by atoms with van der Waals surface area (Å²) in [5, 5.41) is 21.2. The summed E-state index contributed by atoms with van der Waals surface area (Å²) in [7, 11) is 0. The molecule has 0 radical (unpaired) electrons. The number of hydrogen-bond acceptors (Lipinski definition) is 7. The van der Waals surface area contributed by atoms with E-state index in [2.05, 4.69) is 0 Å². The Morgan fingerprint density at radius 1 is 1.19 bits per heavy atom. The summed E-state index contributed by atoms with van der Waals surface area (Å²) in [6, 6.07) is 14.4. The van der Waals surface area contributed by atoms with E-state index in [1.807, 2.05) is 6.07 Å². The SMILES string of the molecule is N#CC1=C(N)Oc2c(c(=O)oc3ccccc23)[C@@H]1c1cccc([N+](=O)[O-])c1. The molecule has 1 atom stereocenters. The topological polar surface area (TPSA) is 132 Å². The van der Waals surface area contributed by atoms with Crippen molar-refractivity contribution in [2.24, 2.45) is 5.73 Å². The normalized spacial score (nSPS) is 15.7. The maximum atomic E-state index is 12.7. The molecule has 1 aliphatic rings. The van der Waals surface area contributed by atoms with Crippen LogP contribution in [0.25, 0.3) is 11.0 Å². The number of nitrogens with zero attached hydrogens (tertiary/aromatic N) is 2. The predicted octanol–water partition coefficient (Wildman–Crippen LogP) is 2.92. The number of rotatable bonds is 2. The first kappa shape index (κ1) is 16.4. The molecular formula is C19H11N3O5. The quantitative estimate of drug-likeness (QED) is 0.421. The van der Waals surface area contributed by atoms with Crippen LogP contribution in [0.4, 0.5) is 5.69 Å². The molecule has 2 N–H and O–H groups in total. The van der Waals surface area contributed by atoms with Crippen molar-refractivity contribution in [2.45, 2.75) is 5.92 Å². The first-order chi connectivity index (χ1) is 13.0. The lowest BCUT2D eigenvalue weighted by molar-refractivity contribution is -0.384. The fourth-order valence-corrected chi connectivity index (χ4v) is 3.22. The first-order valence-corrected chi connectivity index (χ1v) is 7.89. The molecule has 0 unspecified atom stereocenters. The van der Waals surface area contributed by atoms with Gasteiger partial charge in [0.1, 0.15) is 17.2 Å². The molecule has 0 spiro atoms. The Hall–Kier alpha value is -4.12. The van der Waals surface area contributed by atoms with Gasteiger partial charge in [0.15, 0.2) is 5.75 Å². The molecule has 8 heteroatoms. The molecule has 4 rings (SSSR count). The number of allylic oxidation sites excluding steroid dienone is 1. The minimum absolute atomic E-state index is 0.00872. The Kier molecular flexibility index (Phi) is 3.63. The monoisotopic (exact) mass is 361 g/mol. The second-order valence-electron chi connectivity index (χ2n) is 5.91. The van der Waals surface area contributed by atoms with E-state index in [1.54, 1.807) is 30.3 Å².